The lowest BCUT2D eigenvalue weighted by Gasteiger charge is -2.09. The molecule has 20 heavy (non-hydrogen) atoms. The molecule has 1 heterocycles. The smallest absolute Gasteiger partial charge is 0.170 e. The topological polar surface area (TPSA) is 41.9 Å². The summed E-state index contributed by atoms with van der Waals surface area (Å²) >= 11 is 5.16. The van der Waals surface area contributed by atoms with Gasteiger partial charge < -0.3 is 10.6 Å². The molecule has 5 heteroatoms. The third-order valence-corrected chi connectivity index (χ3v) is 3.73. The molecular weight excluding hydrogens is 268 g/mol. The van der Waals surface area contributed by atoms with Gasteiger partial charge in [-0.05, 0) is 44.1 Å². The second-order valence-electron chi connectivity index (χ2n) is 4.83. The van der Waals surface area contributed by atoms with Crippen LogP contribution < -0.4 is 10.6 Å². The Morgan fingerprint density at radius 1 is 1.25 bits per heavy atom. The molecule has 0 saturated heterocycles. The van der Waals surface area contributed by atoms with Crippen molar-refractivity contribution in [2.24, 2.45) is 0 Å². The Morgan fingerprint density at radius 2 is 1.95 bits per heavy atom. The van der Waals surface area contributed by atoms with Crippen LogP contribution in [0.15, 0.2) is 24.3 Å². The molecule has 4 nitrogen and oxygen atoms in total. The minimum atomic E-state index is 0.603. The van der Waals surface area contributed by atoms with E-state index in [9.17, 15) is 0 Å². The fourth-order valence-electron chi connectivity index (χ4n) is 2.16. The number of rotatable bonds is 3. The standard InChI is InChI=1S/C15H20N4S/c1-10-7-5-6-8-13(10)9-19-12(3)14(11(2)18-19)17-15(20)16-4/h5-8H,9H2,1-4H3,(H2,16,17,20). The molecule has 0 unspecified atom stereocenters. The van der Waals surface area contributed by atoms with E-state index in [-0.39, 0.29) is 0 Å². The number of aryl methyl sites for hydroxylation is 2. The summed E-state index contributed by atoms with van der Waals surface area (Å²) in [5.74, 6) is 0. The van der Waals surface area contributed by atoms with Gasteiger partial charge >= 0.3 is 0 Å². The molecule has 0 aliphatic carbocycles. The molecule has 0 aliphatic heterocycles. The third kappa shape index (κ3) is 2.99. The second-order valence-corrected chi connectivity index (χ2v) is 5.24. The highest BCUT2D eigenvalue weighted by molar-refractivity contribution is 7.80. The van der Waals surface area contributed by atoms with Crippen molar-refractivity contribution >= 4 is 23.0 Å². The molecular formula is C15H20N4S. The number of aromatic nitrogens is 2. The summed E-state index contributed by atoms with van der Waals surface area (Å²) in [7, 11) is 1.80. The average molecular weight is 288 g/mol. The Bertz CT molecular complexity index is 631. The Balaban J connectivity index is 2.28. The zero-order valence-corrected chi connectivity index (χ0v) is 13.1. The van der Waals surface area contributed by atoms with E-state index in [0.717, 1.165) is 23.6 Å². The number of nitrogens with zero attached hydrogens (tertiary/aromatic N) is 2. The first-order chi connectivity index (χ1) is 9.52. The predicted octanol–water partition coefficient (Wildman–Crippen LogP) is 2.77. The van der Waals surface area contributed by atoms with Gasteiger partial charge in [0.25, 0.3) is 0 Å². The molecule has 2 N–H and O–H groups in total. The Labute approximate surface area is 125 Å². The number of anilines is 1. The first-order valence-electron chi connectivity index (χ1n) is 6.60. The van der Waals surface area contributed by atoms with Crippen LogP contribution in [-0.4, -0.2) is 21.9 Å². The van der Waals surface area contributed by atoms with Gasteiger partial charge in [-0.1, -0.05) is 24.3 Å². The van der Waals surface area contributed by atoms with Gasteiger partial charge in [0.2, 0.25) is 0 Å². The maximum atomic E-state index is 5.16. The Hall–Kier alpha value is -1.88. The second kappa shape index (κ2) is 6.05. The Morgan fingerprint density at radius 3 is 2.60 bits per heavy atom. The molecule has 0 atom stereocenters. The summed E-state index contributed by atoms with van der Waals surface area (Å²) in [5.41, 5.74) is 5.58. The zero-order valence-electron chi connectivity index (χ0n) is 12.3. The van der Waals surface area contributed by atoms with E-state index in [1.165, 1.54) is 11.1 Å². The number of nitrogens with one attached hydrogen (secondary N) is 2. The van der Waals surface area contributed by atoms with Crippen LogP contribution in [0.25, 0.3) is 0 Å². The fraction of sp³-hybridized carbons (Fsp3) is 0.333. The van der Waals surface area contributed by atoms with Crippen LogP contribution in [-0.2, 0) is 6.54 Å². The molecule has 0 radical (unpaired) electrons. The van der Waals surface area contributed by atoms with E-state index in [1.54, 1.807) is 7.05 Å². The van der Waals surface area contributed by atoms with E-state index < -0.39 is 0 Å². The fourth-order valence-corrected chi connectivity index (χ4v) is 2.26. The van der Waals surface area contributed by atoms with Gasteiger partial charge in [-0.2, -0.15) is 5.10 Å². The van der Waals surface area contributed by atoms with Crippen LogP contribution in [0, 0.1) is 20.8 Å². The molecule has 0 saturated carbocycles. The van der Waals surface area contributed by atoms with Crippen molar-refractivity contribution in [3.63, 3.8) is 0 Å². The number of benzene rings is 1. The van der Waals surface area contributed by atoms with Gasteiger partial charge in [0.05, 0.1) is 23.6 Å². The van der Waals surface area contributed by atoms with Crippen molar-refractivity contribution in [3.05, 3.63) is 46.8 Å². The van der Waals surface area contributed by atoms with Gasteiger partial charge in [-0.3, -0.25) is 4.68 Å². The molecule has 0 bridgehead atoms. The number of hydrogen-bond donors (Lipinski definition) is 2. The predicted molar refractivity (Wildman–Crippen MR) is 87.3 cm³/mol. The maximum Gasteiger partial charge on any atom is 0.170 e. The molecule has 0 amide bonds. The van der Waals surface area contributed by atoms with Crippen molar-refractivity contribution in [1.82, 2.24) is 15.1 Å². The normalized spacial score (nSPS) is 10.4. The van der Waals surface area contributed by atoms with Crippen LogP contribution in [0.4, 0.5) is 5.69 Å². The van der Waals surface area contributed by atoms with E-state index in [4.69, 9.17) is 12.2 Å². The van der Waals surface area contributed by atoms with Crippen molar-refractivity contribution in [2.45, 2.75) is 27.3 Å². The number of hydrogen-bond acceptors (Lipinski definition) is 2. The quantitative estimate of drug-likeness (QED) is 0.852. The summed E-state index contributed by atoms with van der Waals surface area (Å²) in [6.07, 6.45) is 0. The minimum absolute atomic E-state index is 0.603. The minimum Gasteiger partial charge on any atom is -0.366 e. The summed E-state index contributed by atoms with van der Waals surface area (Å²) < 4.78 is 2.01. The summed E-state index contributed by atoms with van der Waals surface area (Å²) in [6, 6.07) is 8.37. The highest BCUT2D eigenvalue weighted by Crippen LogP contribution is 2.21. The van der Waals surface area contributed by atoms with Crippen molar-refractivity contribution in [2.75, 3.05) is 12.4 Å². The van der Waals surface area contributed by atoms with Crippen LogP contribution >= 0.6 is 12.2 Å². The zero-order chi connectivity index (χ0) is 14.7. The van der Waals surface area contributed by atoms with Gasteiger partial charge in [0.15, 0.2) is 5.11 Å². The average Bonchev–Trinajstić information content (AvgIpc) is 2.69. The van der Waals surface area contributed by atoms with Crippen LogP contribution in [0.2, 0.25) is 0 Å². The van der Waals surface area contributed by atoms with Gasteiger partial charge in [-0.25, -0.2) is 0 Å². The van der Waals surface area contributed by atoms with Gasteiger partial charge in [0, 0.05) is 7.05 Å². The lowest BCUT2D eigenvalue weighted by molar-refractivity contribution is 0.657. The first kappa shape index (κ1) is 14.5. The van der Waals surface area contributed by atoms with Crippen molar-refractivity contribution < 1.29 is 0 Å². The highest BCUT2D eigenvalue weighted by atomic mass is 32.1. The summed E-state index contributed by atoms with van der Waals surface area (Å²) in [6.45, 7) is 6.94. The molecule has 2 aromatic rings. The molecule has 0 aliphatic rings. The van der Waals surface area contributed by atoms with E-state index in [2.05, 4.69) is 53.8 Å². The highest BCUT2D eigenvalue weighted by Gasteiger charge is 2.13. The lowest BCUT2D eigenvalue weighted by atomic mass is 10.1. The molecule has 1 aromatic heterocycles. The van der Waals surface area contributed by atoms with Gasteiger partial charge in [-0.15, -0.1) is 0 Å². The monoisotopic (exact) mass is 288 g/mol. The van der Waals surface area contributed by atoms with Crippen LogP contribution in [0.5, 0.6) is 0 Å². The lowest BCUT2D eigenvalue weighted by Crippen LogP contribution is -2.24. The largest absolute Gasteiger partial charge is 0.366 e. The molecule has 0 fully saturated rings. The number of thiocarbonyl (C=S) groups is 1. The summed E-state index contributed by atoms with van der Waals surface area (Å²) in [4.78, 5) is 0. The van der Waals surface area contributed by atoms with Crippen LogP contribution in [0.3, 0.4) is 0 Å². The molecule has 0 spiro atoms. The van der Waals surface area contributed by atoms with Crippen molar-refractivity contribution in [3.8, 4) is 0 Å². The van der Waals surface area contributed by atoms with E-state index >= 15 is 0 Å². The molecule has 1 aromatic carbocycles. The van der Waals surface area contributed by atoms with E-state index in [0.29, 0.717) is 5.11 Å². The van der Waals surface area contributed by atoms with Gasteiger partial charge in [0.1, 0.15) is 0 Å². The maximum absolute atomic E-state index is 5.16. The third-order valence-electron chi connectivity index (χ3n) is 3.43. The molecule has 106 valence electrons. The molecule has 2 rings (SSSR count). The van der Waals surface area contributed by atoms with Crippen molar-refractivity contribution in [1.29, 1.82) is 0 Å². The summed E-state index contributed by atoms with van der Waals surface area (Å²) in [5, 5.41) is 11.3. The van der Waals surface area contributed by atoms with Crippen LogP contribution in [0.1, 0.15) is 22.5 Å². The van der Waals surface area contributed by atoms with E-state index in [1.807, 2.05) is 11.6 Å². The Kier molecular flexibility index (Phi) is 4.39. The SMILES string of the molecule is CNC(=S)Nc1c(C)nn(Cc2ccccc2C)c1C. The first-order valence-corrected chi connectivity index (χ1v) is 7.01.